The Hall–Kier alpha value is -2.09. The molecule has 0 aromatic heterocycles. The quantitative estimate of drug-likeness (QED) is 0.497. The molecule has 0 saturated heterocycles. The minimum absolute atomic E-state index is 0.182. The third-order valence-corrected chi connectivity index (χ3v) is 4.20. The average molecular weight is 413 g/mol. The summed E-state index contributed by atoms with van der Waals surface area (Å²) in [6.07, 6.45) is 8.02. The van der Waals surface area contributed by atoms with E-state index in [0.29, 0.717) is 5.92 Å². The molecule has 1 aliphatic heterocycles. The van der Waals surface area contributed by atoms with Crippen molar-refractivity contribution in [3.8, 4) is 0 Å². The molecule has 0 spiro atoms. The molecule has 2 nitrogen and oxygen atoms in total. The lowest BCUT2D eigenvalue weighted by Crippen LogP contribution is -2.30. The molecule has 1 heterocycles. The van der Waals surface area contributed by atoms with Crippen LogP contribution in [0.5, 0.6) is 0 Å². The Morgan fingerprint density at radius 2 is 1.63 bits per heavy atom. The SMILES string of the molecule is C=CC(C)C.C=CNC(C)(C)C.CCC1=NCC(C)=C1.CCc1cc(C)ccc1C. The van der Waals surface area contributed by atoms with Crippen molar-refractivity contribution in [2.45, 2.75) is 87.6 Å². The third-order valence-electron chi connectivity index (χ3n) is 4.20. The summed E-state index contributed by atoms with van der Waals surface area (Å²) in [4.78, 5) is 4.26. The molecule has 0 aliphatic carbocycles. The smallest absolute Gasteiger partial charge is 0.0603 e. The second kappa shape index (κ2) is 16.7. The number of nitrogens with one attached hydrogen (secondary N) is 1. The lowest BCUT2D eigenvalue weighted by molar-refractivity contribution is 0.492. The van der Waals surface area contributed by atoms with Crippen LogP contribution < -0.4 is 5.32 Å². The van der Waals surface area contributed by atoms with Gasteiger partial charge >= 0.3 is 0 Å². The van der Waals surface area contributed by atoms with Crippen LogP contribution in [0.2, 0.25) is 0 Å². The fraction of sp³-hybridized carbons (Fsp3) is 0.536. The first-order chi connectivity index (χ1) is 13.9. The molecule has 0 saturated carbocycles. The highest BCUT2D eigenvalue weighted by Crippen LogP contribution is 2.10. The van der Waals surface area contributed by atoms with Crippen LogP contribution in [0.1, 0.15) is 78.5 Å². The molecular weight excluding hydrogens is 364 g/mol. The van der Waals surface area contributed by atoms with Gasteiger partial charge in [-0.25, -0.2) is 0 Å². The van der Waals surface area contributed by atoms with E-state index >= 15 is 0 Å². The molecule has 30 heavy (non-hydrogen) atoms. The Bertz CT molecular complexity index is 670. The maximum absolute atomic E-state index is 4.26. The second-order valence-corrected chi connectivity index (χ2v) is 9.01. The maximum atomic E-state index is 4.26. The number of hydrogen-bond donors (Lipinski definition) is 1. The summed E-state index contributed by atoms with van der Waals surface area (Å²) in [5.41, 5.74) is 7.07. The van der Waals surface area contributed by atoms with E-state index in [1.54, 1.807) is 6.20 Å². The minimum atomic E-state index is 0.182. The minimum Gasteiger partial charge on any atom is -0.387 e. The van der Waals surface area contributed by atoms with E-state index in [1.165, 1.54) is 28.0 Å². The van der Waals surface area contributed by atoms with Crippen LogP contribution in [0.4, 0.5) is 0 Å². The number of aryl methyl sites for hydroxylation is 3. The number of benzene rings is 1. The van der Waals surface area contributed by atoms with E-state index in [9.17, 15) is 0 Å². The van der Waals surface area contributed by atoms with Gasteiger partial charge in [0.1, 0.15) is 0 Å². The summed E-state index contributed by atoms with van der Waals surface area (Å²) in [7, 11) is 0. The summed E-state index contributed by atoms with van der Waals surface area (Å²) >= 11 is 0. The van der Waals surface area contributed by atoms with Gasteiger partial charge in [0, 0.05) is 11.3 Å². The molecule has 2 rings (SSSR count). The van der Waals surface area contributed by atoms with Gasteiger partial charge in [-0.3, -0.25) is 4.99 Å². The third kappa shape index (κ3) is 18.0. The predicted molar refractivity (Wildman–Crippen MR) is 140 cm³/mol. The van der Waals surface area contributed by atoms with Crippen molar-refractivity contribution >= 4 is 5.71 Å². The number of nitrogens with zero attached hydrogens (tertiary/aromatic N) is 1. The molecular formula is C28H48N2. The van der Waals surface area contributed by atoms with Gasteiger partial charge in [0.05, 0.1) is 6.54 Å². The largest absolute Gasteiger partial charge is 0.387 e. The first kappa shape index (κ1) is 30.1. The van der Waals surface area contributed by atoms with Gasteiger partial charge in [0.25, 0.3) is 0 Å². The van der Waals surface area contributed by atoms with Crippen LogP contribution in [0.25, 0.3) is 0 Å². The van der Waals surface area contributed by atoms with Crippen LogP contribution in [0.15, 0.2) is 60.3 Å². The molecule has 2 heteroatoms. The Balaban J connectivity index is 0. The van der Waals surface area contributed by atoms with E-state index in [2.05, 4.69) is 117 Å². The van der Waals surface area contributed by atoms with Crippen molar-refractivity contribution in [3.63, 3.8) is 0 Å². The molecule has 1 N–H and O–H groups in total. The zero-order chi connectivity index (χ0) is 23.7. The summed E-state index contributed by atoms with van der Waals surface area (Å²) in [6, 6.07) is 6.61. The van der Waals surface area contributed by atoms with Gasteiger partial charge in [0.2, 0.25) is 0 Å². The lowest BCUT2D eigenvalue weighted by Gasteiger charge is -2.17. The molecule has 0 radical (unpaired) electrons. The van der Waals surface area contributed by atoms with E-state index < -0.39 is 0 Å². The lowest BCUT2D eigenvalue weighted by atomic mass is 10.0. The van der Waals surface area contributed by atoms with Crippen LogP contribution in [-0.2, 0) is 6.42 Å². The summed E-state index contributed by atoms with van der Waals surface area (Å²) in [5, 5.41) is 3.05. The standard InChI is InChI=1S/C10H14.C7H11N.C6H13N.C5H10/c1-4-10-7-8(2)5-6-9(10)3;1-3-7-4-6(2)5-8-7;1-5-7-6(2,3)4;1-4-5(2)3/h5-7H,4H2,1-3H3;4H,3,5H2,1-2H3;5,7H,1H2,2-4H3;4-5H,1H2,2-3H3. The molecule has 0 unspecified atom stereocenters. The molecule has 0 bridgehead atoms. The van der Waals surface area contributed by atoms with Crippen molar-refractivity contribution < 1.29 is 0 Å². The monoisotopic (exact) mass is 412 g/mol. The molecule has 0 fully saturated rings. The highest BCUT2D eigenvalue weighted by molar-refractivity contribution is 5.97. The van der Waals surface area contributed by atoms with Crippen LogP contribution in [0.3, 0.4) is 0 Å². The van der Waals surface area contributed by atoms with E-state index in [0.717, 1.165) is 19.4 Å². The number of rotatable bonds is 4. The highest BCUT2D eigenvalue weighted by Gasteiger charge is 2.03. The fourth-order valence-electron chi connectivity index (χ4n) is 2.30. The molecule has 0 atom stereocenters. The fourth-order valence-corrected chi connectivity index (χ4v) is 2.30. The number of allylic oxidation sites excluding steroid dienone is 2. The van der Waals surface area contributed by atoms with Crippen molar-refractivity contribution in [2.24, 2.45) is 10.9 Å². The predicted octanol–water partition coefficient (Wildman–Crippen LogP) is 8.01. The summed E-state index contributed by atoms with van der Waals surface area (Å²) < 4.78 is 0. The first-order valence-corrected chi connectivity index (χ1v) is 11.2. The van der Waals surface area contributed by atoms with Crippen molar-refractivity contribution in [1.82, 2.24) is 5.32 Å². The van der Waals surface area contributed by atoms with Gasteiger partial charge in [-0.2, -0.15) is 0 Å². The van der Waals surface area contributed by atoms with E-state index in [4.69, 9.17) is 0 Å². The topological polar surface area (TPSA) is 24.4 Å². The Morgan fingerprint density at radius 3 is 1.87 bits per heavy atom. The van der Waals surface area contributed by atoms with Crippen molar-refractivity contribution in [2.75, 3.05) is 6.54 Å². The Labute approximate surface area is 188 Å². The van der Waals surface area contributed by atoms with Crippen molar-refractivity contribution in [1.29, 1.82) is 0 Å². The molecule has 1 aromatic rings. The van der Waals surface area contributed by atoms with Gasteiger partial charge < -0.3 is 5.32 Å². The second-order valence-electron chi connectivity index (χ2n) is 9.01. The van der Waals surface area contributed by atoms with Gasteiger partial charge in [-0.15, -0.1) is 6.58 Å². The Kier molecular flexibility index (Phi) is 16.7. The van der Waals surface area contributed by atoms with Crippen LogP contribution in [0, 0.1) is 19.8 Å². The summed E-state index contributed by atoms with van der Waals surface area (Å²) in [6.45, 7) is 29.3. The van der Waals surface area contributed by atoms with Crippen LogP contribution in [-0.4, -0.2) is 17.8 Å². The molecule has 1 aliphatic rings. The zero-order valence-corrected chi connectivity index (χ0v) is 21.5. The van der Waals surface area contributed by atoms with Crippen molar-refractivity contribution in [3.05, 3.63) is 72.0 Å². The zero-order valence-electron chi connectivity index (χ0n) is 21.5. The molecule has 170 valence electrons. The van der Waals surface area contributed by atoms with Gasteiger partial charge in [-0.05, 0) is 83.7 Å². The first-order valence-electron chi connectivity index (χ1n) is 11.2. The molecule has 1 aromatic carbocycles. The van der Waals surface area contributed by atoms with Crippen LogP contribution >= 0.6 is 0 Å². The Morgan fingerprint density at radius 1 is 1.07 bits per heavy atom. The summed E-state index contributed by atoms with van der Waals surface area (Å²) in [5.74, 6) is 0.648. The van der Waals surface area contributed by atoms with E-state index in [-0.39, 0.29) is 5.54 Å². The number of aliphatic imine (C=N–C) groups is 1. The maximum Gasteiger partial charge on any atom is 0.0603 e. The van der Waals surface area contributed by atoms with Gasteiger partial charge in [0.15, 0.2) is 0 Å². The average Bonchev–Trinajstić information content (AvgIpc) is 3.10. The van der Waals surface area contributed by atoms with E-state index in [1.807, 2.05) is 6.08 Å². The normalized spacial score (nSPS) is 12.1. The molecule has 0 amide bonds. The highest BCUT2D eigenvalue weighted by atomic mass is 14.9. The number of hydrogen-bond acceptors (Lipinski definition) is 2. The van der Waals surface area contributed by atoms with Gasteiger partial charge in [-0.1, -0.05) is 69.7 Å².